The molecule has 12 atom stereocenters. The number of aliphatic hydroxyl groups excluding tert-OH is 1. The van der Waals surface area contributed by atoms with Crippen LogP contribution in [0.2, 0.25) is 0 Å². The standard InChI is InChI=1S/C61H109N11O12/c1-24-27-28-39(14)51(74)50-57(80)55(78)44(25-2)67(18)48(73)33-66(17)64-42(29-34(4)5)54(77)56(79)45(26-3)72(23)65-43(30-35(6)7)53(76)52(75)40(15)62-63-41(16)58(81)68(19)46(31-36(8)9)59(82)69(20)47(32-37(10)11)60(83)70(21)49(38(12)13)61(84)71(50)22/h24,27,34-47,49-51,62-65,74H,25-26,28-33H2,1-23H3/b27-24+/t39-,40+,41-,42+,43+,44?,45?,46+,47+,49+,50+,51-/m1/s1. The van der Waals surface area contributed by atoms with Gasteiger partial charge in [0.15, 0.2) is 0 Å². The average molecular weight is 1190 g/mol. The lowest BCUT2D eigenvalue weighted by atomic mass is 9.87. The van der Waals surface area contributed by atoms with Crippen LogP contribution in [0, 0.1) is 35.5 Å². The highest BCUT2D eigenvalue weighted by Crippen LogP contribution is 2.26. The third-order valence-corrected chi connectivity index (χ3v) is 15.8. The Hall–Kier alpha value is -5.17. The average Bonchev–Trinajstić information content (AvgIpc) is 2.37. The molecule has 84 heavy (non-hydrogen) atoms. The topological polar surface area (TPSA) is 279 Å². The zero-order valence-corrected chi connectivity index (χ0v) is 55.2. The zero-order chi connectivity index (χ0) is 65.1. The smallest absolute Gasteiger partial charge is 0.246 e. The number of hydrogen-bond donors (Lipinski definition) is 5. The summed E-state index contributed by atoms with van der Waals surface area (Å²) < 4.78 is 0. The largest absolute Gasteiger partial charge is 0.390 e. The molecule has 23 nitrogen and oxygen atoms in total. The van der Waals surface area contributed by atoms with Gasteiger partial charge in [0.25, 0.3) is 0 Å². The molecule has 23 heteroatoms. The molecule has 1 saturated heterocycles. The van der Waals surface area contributed by atoms with Gasteiger partial charge in [0.1, 0.15) is 24.2 Å². The summed E-state index contributed by atoms with van der Waals surface area (Å²) in [4.78, 5) is 166. The van der Waals surface area contributed by atoms with E-state index in [0.29, 0.717) is 0 Å². The number of hydrazine groups is 3. The molecule has 0 spiro atoms. The first-order chi connectivity index (χ1) is 38.9. The fraction of sp³-hybridized carbons (Fsp3) is 0.787. The summed E-state index contributed by atoms with van der Waals surface area (Å²) in [5.74, 6) is -10.5. The van der Waals surface area contributed by atoms with Crippen LogP contribution in [0.1, 0.15) is 156 Å². The van der Waals surface area contributed by atoms with Crippen molar-refractivity contribution < 1.29 is 57.8 Å². The van der Waals surface area contributed by atoms with E-state index in [9.17, 15) is 48.3 Å². The maximum atomic E-state index is 15.1. The van der Waals surface area contributed by atoms with E-state index in [1.807, 2.05) is 55.4 Å². The molecule has 5 N–H and O–H groups in total. The number of aliphatic hydroxyl groups is 1. The molecule has 0 aliphatic carbocycles. The molecule has 0 bridgehead atoms. The van der Waals surface area contributed by atoms with Crippen molar-refractivity contribution in [2.75, 3.05) is 55.9 Å². The van der Waals surface area contributed by atoms with Crippen molar-refractivity contribution in [2.45, 2.75) is 222 Å². The van der Waals surface area contributed by atoms with Crippen LogP contribution in [-0.2, 0) is 52.7 Å². The second-order valence-corrected chi connectivity index (χ2v) is 25.4. The lowest BCUT2D eigenvalue weighted by Crippen LogP contribution is -2.63. The van der Waals surface area contributed by atoms with Crippen LogP contribution in [-0.4, -0.2) is 226 Å². The number of nitrogens with one attached hydrogen (secondary N) is 4. The number of likely N-dealkylation sites (N-methyl/N-ethyl adjacent to an activating group) is 7. The summed E-state index contributed by atoms with van der Waals surface area (Å²) in [6.07, 6.45) is 2.91. The monoisotopic (exact) mass is 1190 g/mol. The van der Waals surface area contributed by atoms with Gasteiger partial charge < -0.3 is 29.6 Å². The van der Waals surface area contributed by atoms with Gasteiger partial charge in [-0.1, -0.05) is 102 Å². The van der Waals surface area contributed by atoms with Crippen LogP contribution in [0.4, 0.5) is 0 Å². The Bertz CT molecular complexity index is 2290. The van der Waals surface area contributed by atoms with Gasteiger partial charge in [-0.3, -0.25) is 52.7 Å². The normalized spacial score (nSPS) is 27.8. The second-order valence-electron chi connectivity index (χ2n) is 25.4. The summed E-state index contributed by atoms with van der Waals surface area (Å²) in [7, 11) is 9.99. The van der Waals surface area contributed by atoms with Crippen LogP contribution in [0.15, 0.2) is 12.2 Å². The van der Waals surface area contributed by atoms with Gasteiger partial charge in [0, 0.05) is 49.3 Å². The van der Waals surface area contributed by atoms with Crippen LogP contribution in [0.25, 0.3) is 0 Å². The maximum absolute atomic E-state index is 15.1. The quantitative estimate of drug-likeness (QED) is 0.116. The second kappa shape index (κ2) is 35.5. The van der Waals surface area contributed by atoms with Gasteiger partial charge in [0.2, 0.25) is 64.2 Å². The number of carbonyl (C=O) groups excluding carboxylic acids is 11. The highest BCUT2D eigenvalue weighted by Gasteiger charge is 2.47. The number of nitrogens with zero attached hydrogens (tertiary/aromatic N) is 7. The molecule has 480 valence electrons. The SMILES string of the molecule is C/C=C/C[C@@H](C)[C@@H](O)[C@H]1C(=O)C(=O)C(CC)N(C)C(=O)CN(C)N[C@@H](CC(C)C)C(=O)C(=O)C(CC)N(C)N[C@@H](CC(C)C)C(=O)C(=O)[C@H](C)NN[C@H](C)C(=O)N(C)[C@@H](CC(C)C)C(=O)N(C)[C@@H](CC(C)C)C(=O)N(C)[C@@H](C(C)C)C(=O)N1C. The minimum Gasteiger partial charge on any atom is -0.390 e. The van der Waals surface area contributed by atoms with E-state index >= 15 is 9.59 Å². The van der Waals surface area contributed by atoms with Crippen LogP contribution < -0.4 is 21.7 Å². The molecule has 1 fully saturated rings. The van der Waals surface area contributed by atoms with Gasteiger partial charge in [0.05, 0.1) is 48.9 Å². The van der Waals surface area contributed by atoms with Crippen molar-refractivity contribution in [3.05, 3.63) is 12.2 Å². The molecular weight excluding hydrogens is 1080 g/mol. The van der Waals surface area contributed by atoms with Crippen LogP contribution in [0.5, 0.6) is 0 Å². The fourth-order valence-electron chi connectivity index (χ4n) is 10.8. The third kappa shape index (κ3) is 21.4. The van der Waals surface area contributed by atoms with E-state index < -0.39 is 149 Å². The van der Waals surface area contributed by atoms with Crippen molar-refractivity contribution in [2.24, 2.45) is 35.5 Å². The molecule has 0 aromatic rings. The molecule has 5 amide bonds. The Labute approximate surface area is 502 Å². The highest BCUT2D eigenvalue weighted by molar-refractivity contribution is 6.42. The Morgan fingerprint density at radius 3 is 1.35 bits per heavy atom. The zero-order valence-electron chi connectivity index (χ0n) is 55.2. The van der Waals surface area contributed by atoms with Gasteiger partial charge >= 0.3 is 0 Å². The van der Waals surface area contributed by atoms with Crippen molar-refractivity contribution in [3.8, 4) is 0 Å². The first kappa shape index (κ1) is 76.8. The molecule has 1 heterocycles. The third-order valence-electron chi connectivity index (χ3n) is 15.8. The van der Waals surface area contributed by atoms with Crippen molar-refractivity contribution in [3.63, 3.8) is 0 Å². The van der Waals surface area contributed by atoms with E-state index in [0.717, 1.165) is 9.80 Å². The van der Waals surface area contributed by atoms with Gasteiger partial charge in [-0.15, -0.1) is 0 Å². The number of Topliss-reactive ketones (excluding diaryl/α,β-unsaturated/α-hetero) is 6. The first-order valence-electron chi connectivity index (χ1n) is 30.2. The molecule has 1 aliphatic heterocycles. The first-order valence-corrected chi connectivity index (χ1v) is 30.2. The lowest BCUT2D eigenvalue weighted by Gasteiger charge is -2.41. The fourth-order valence-corrected chi connectivity index (χ4v) is 10.8. The molecular formula is C61H109N11O12. The van der Waals surface area contributed by atoms with E-state index in [-0.39, 0.29) is 68.6 Å². The Balaban J connectivity index is 4.29. The molecule has 0 saturated carbocycles. The molecule has 0 aromatic carbocycles. The molecule has 0 aromatic heterocycles. The molecule has 1 rings (SSSR count). The molecule has 0 radical (unpaired) electrons. The Kier molecular flexibility index (Phi) is 32.4. The predicted molar refractivity (Wildman–Crippen MR) is 324 cm³/mol. The number of amides is 5. The summed E-state index contributed by atoms with van der Waals surface area (Å²) in [5.41, 5.74) is 11.7. The van der Waals surface area contributed by atoms with Crippen molar-refractivity contribution in [1.29, 1.82) is 0 Å². The molecule has 2 unspecified atom stereocenters. The van der Waals surface area contributed by atoms with Gasteiger partial charge in [-0.2, -0.15) is 0 Å². The van der Waals surface area contributed by atoms with E-state index in [1.54, 1.807) is 53.7 Å². The predicted octanol–water partition coefficient (Wildman–Crippen LogP) is 3.02. The Morgan fingerprint density at radius 2 is 0.893 bits per heavy atom. The number of carbonyl (C=O) groups is 11. The number of hydrogen-bond acceptors (Lipinski definition) is 18. The van der Waals surface area contributed by atoms with Crippen LogP contribution in [0.3, 0.4) is 0 Å². The number of ketones is 6. The summed E-state index contributed by atoms with van der Waals surface area (Å²) in [5, 5.41) is 14.8. The van der Waals surface area contributed by atoms with Crippen LogP contribution >= 0.6 is 0 Å². The highest BCUT2D eigenvalue weighted by atomic mass is 16.3. The minimum absolute atomic E-state index is 0.0532. The van der Waals surface area contributed by atoms with Gasteiger partial charge in [-0.25, -0.2) is 31.7 Å². The van der Waals surface area contributed by atoms with E-state index in [4.69, 9.17) is 0 Å². The summed E-state index contributed by atoms with van der Waals surface area (Å²) in [6, 6.07) is -12.3. The Morgan fingerprint density at radius 1 is 0.476 bits per heavy atom. The summed E-state index contributed by atoms with van der Waals surface area (Å²) in [6.45, 7) is 27.6. The number of rotatable bonds is 15. The maximum Gasteiger partial charge on any atom is 0.246 e. The van der Waals surface area contributed by atoms with E-state index in [2.05, 4.69) is 21.7 Å². The molecule has 1 aliphatic rings. The van der Waals surface area contributed by atoms with Gasteiger partial charge in [-0.05, 0) is 101 Å². The van der Waals surface area contributed by atoms with E-state index in [1.165, 1.54) is 87.9 Å². The summed E-state index contributed by atoms with van der Waals surface area (Å²) >= 11 is 0. The van der Waals surface area contributed by atoms with Crippen molar-refractivity contribution >= 4 is 64.2 Å². The lowest BCUT2D eigenvalue weighted by molar-refractivity contribution is -0.158. The minimum atomic E-state index is -1.78. The van der Waals surface area contributed by atoms with Crippen molar-refractivity contribution in [1.82, 2.24) is 56.2 Å². The number of allylic oxidation sites excluding steroid dienone is 2.